The molecule has 0 radical (unpaired) electrons. The molecular formula is C9H16N2S2. The van der Waals surface area contributed by atoms with Crippen molar-refractivity contribution in [3.05, 3.63) is 6.20 Å². The van der Waals surface area contributed by atoms with Gasteiger partial charge in [0.15, 0.2) is 5.13 Å². The van der Waals surface area contributed by atoms with Crippen LogP contribution in [0.2, 0.25) is 0 Å². The Labute approximate surface area is 87.9 Å². The van der Waals surface area contributed by atoms with E-state index in [4.69, 9.17) is 5.73 Å². The van der Waals surface area contributed by atoms with Crippen LogP contribution in [0.4, 0.5) is 5.13 Å². The first-order valence-corrected chi connectivity index (χ1v) is 6.12. The molecule has 0 aliphatic heterocycles. The third kappa shape index (κ3) is 4.52. The molecule has 0 aliphatic rings. The highest BCUT2D eigenvalue weighted by atomic mass is 32.2. The fourth-order valence-electron chi connectivity index (χ4n) is 0.797. The fourth-order valence-corrected chi connectivity index (χ4v) is 3.00. The van der Waals surface area contributed by atoms with E-state index in [2.05, 4.69) is 25.8 Å². The first-order chi connectivity index (χ1) is 5.97. The van der Waals surface area contributed by atoms with Gasteiger partial charge in [-0.1, -0.05) is 32.1 Å². The molecule has 0 unspecified atom stereocenters. The van der Waals surface area contributed by atoms with E-state index in [0.29, 0.717) is 10.5 Å². The van der Waals surface area contributed by atoms with Gasteiger partial charge in [0, 0.05) is 0 Å². The Balaban J connectivity index is 2.28. The van der Waals surface area contributed by atoms with Crippen LogP contribution in [-0.2, 0) is 0 Å². The number of anilines is 1. The zero-order valence-electron chi connectivity index (χ0n) is 8.33. The van der Waals surface area contributed by atoms with Gasteiger partial charge in [-0.05, 0) is 17.6 Å². The Kier molecular flexibility index (Phi) is 3.62. The minimum atomic E-state index is 0.420. The molecule has 2 N–H and O–H groups in total. The van der Waals surface area contributed by atoms with Gasteiger partial charge in [-0.2, -0.15) is 0 Å². The highest BCUT2D eigenvalue weighted by Crippen LogP contribution is 2.29. The van der Waals surface area contributed by atoms with Gasteiger partial charge in [0.25, 0.3) is 0 Å². The number of hydrogen-bond donors (Lipinski definition) is 1. The van der Waals surface area contributed by atoms with Crippen molar-refractivity contribution in [3.63, 3.8) is 0 Å². The molecule has 2 nitrogen and oxygen atoms in total. The van der Waals surface area contributed by atoms with Crippen LogP contribution < -0.4 is 5.73 Å². The Hall–Kier alpha value is -0.220. The van der Waals surface area contributed by atoms with Crippen LogP contribution in [0.3, 0.4) is 0 Å². The first kappa shape index (κ1) is 10.9. The lowest BCUT2D eigenvalue weighted by Crippen LogP contribution is -2.05. The molecule has 1 heterocycles. The van der Waals surface area contributed by atoms with Crippen LogP contribution in [0, 0.1) is 5.41 Å². The Morgan fingerprint density at radius 1 is 1.54 bits per heavy atom. The number of aromatic nitrogens is 1. The Bertz CT molecular complexity index is 263. The van der Waals surface area contributed by atoms with Gasteiger partial charge >= 0.3 is 0 Å². The number of nitrogens with zero attached hydrogens (tertiary/aromatic N) is 1. The van der Waals surface area contributed by atoms with Crippen LogP contribution in [0.25, 0.3) is 0 Å². The van der Waals surface area contributed by atoms with E-state index >= 15 is 0 Å². The number of nitrogen functional groups attached to an aromatic ring is 1. The van der Waals surface area contributed by atoms with E-state index in [1.54, 1.807) is 11.3 Å². The molecule has 0 aromatic carbocycles. The summed E-state index contributed by atoms with van der Waals surface area (Å²) in [6.07, 6.45) is 3.07. The van der Waals surface area contributed by atoms with Crippen molar-refractivity contribution in [1.29, 1.82) is 0 Å². The number of hydrogen-bond acceptors (Lipinski definition) is 4. The molecule has 0 amide bonds. The monoisotopic (exact) mass is 216 g/mol. The molecule has 0 saturated heterocycles. The smallest absolute Gasteiger partial charge is 0.181 e. The van der Waals surface area contributed by atoms with Gasteiger partial charge in [-0.3, -0.25) is 0 Å². The molecule has 0 atom stereocenters. The summed E-state index contributed by atoms with van der Waals surface area (Å²) in [5.74, 6) is 1.14. The summed E-state index contributed by atoms with van der Waals surface area (Å²) in [5.41, 5.74) is 5.95. The van der Waals surface area contributed by atoms with E-state index < -0.39 is 0 Å². The van der Waals surface area contributed by atoms with Gasteiger partial charge in [0.1, 0.15) is 0 Å². The quantitative estimate of drug-likeness (QED) is 0.788. The zero-order chi connectivity index (χ0) is 9.90. The van der Waals surface area contributed by atoms with Crippen molar-refractivity contribution in [3.8, 4) is 0 Å². The third-order valence-corrected chi connectivity index (χ3v) is 3.62. The molecule has 4 heteroatoms. The van der Waals surface area contributed by atoms with Crippen LogP contribution in [0.5, 0.6) is 0 Å². The molecule has 74 valence electrons. The lowest BCUT2D eigenvalue weighted by molar-refractivity contribution is 0.401. The molecular weight excluding hydrogens is 200 g/mol. The molecule has 0 spiro atoms. The Morgan fingerprint density at radius 3 is 2.69 bits per heavy atom. The SMILES string of the molecule is CC(C)(C)CCSc1cnc(N)s1. The van der Waals surface area contributed by atoms with Crippen molar-refractivity contribution in [1.82, 2.24) is 4.98 Å². The van der Waals surface area contributed by atoms with Crippen LogP contribution in [0.1, 0.15) is 27.2 Å². The largest absolute Gasteiger partial charge is 0.375 e. The van der Waals surface area contributed by atoms with Crippen molar-refractivity contribution in [2.75, 3.05) is 11.5 Å². The van der Waals surface area contributed by atoms with Crippen LogP contribution in [-0.4, -0.2) is 10.7 Å². The third-order valence-electron chi connectivity index (χ3n) is 1.60. The van der Waals surface area contributed by atoms with Crippen molar-refractivity contribution < 1.29 is 0 Å². The molecule has 13 heavy (non-hydrogen) atoms. The van der Waals surface area contributed by atoms with Gasteiger partial charge in [0.2, 0.25) is 0 Å². The predicted octanol–water partition coefficient (Wildman–Crippen LogP) is 3.25. The molecule has 0 fully saturated rings. The van der Waals surface area contributed by atoms with E-state index in [9.17, 15) is 0 Å². The predicted molar refractivity (Wildman–Crippen MR) is 61.3 cm³/mol. The summed E-state index contributed by atoms with van der Waals surface area (Å²) in [7, 11) is 0. The Morgan fingerprint density at radius 2 is 2.23 bits per heavy atom. The van der Waals surface area contributed by atoms with Crippen molar-refractivity contribution in [2.45, 2.75) is 31.4 Å². The maximum Gasteiger partial charge on any atom is 0.181 e. The maximum atomic E-state index is 5.53. The second kappa shape index (κ2) is 4.33. The standard InChI is InChI=1S/C9H16N2S2/c1-9(2,3)4-5-12-7-6-11-8(10)13-7/h6H,4-5H2,1-3H3,(H2,10,11). The zero-order valence-corrected chi connectivity index (χ0v) is 9.97. The average molecular weight is 216 g/mol. The number of rotatable bonds is 3. The molecule has 1 rings (SSSR count). The van der Waals surface area contributed by atoms with Gasteiger partial charge in [-0.25, -0.2) is 4.98 Å². The fraction of sp³-hybridized carbons (Fsp3) is 0.667. The van der Waals surface area contributed by atoms with Gasteiger partial charge < -0.3 is 5.73 Å². The van der Waals surface area contributed by atoms with Crippen LogP contribution in [0.15, 0.2) is 10.4 Å². The highest BCUT2D eigenvalue weighted by Gasteiger charge is 2.10. The second-order valence-corrected chi connectivity index (χ2v) is 6.63. The molecule has 1 aromatic rings. The molecule has 0 bridgehead atoms. The van der Waals surface area contributed by atoms with Gasteiger partial charge in [-0.15, -0.1) is 11.8 Å². The first-order valence-electron chi connectivity index (χ1n) is 4.31. The van der Waals surface area contributed by atoms with Crippen molar-refractivity contribution in [2.24, 2.45) is 5.41 Å². The van der Waals surface area contributed by atoms with E-state index in [1.807, 2.05) is 18.0 Å². The van der Waals surface area contributed by atoms with Crippen molar-refractivity contribution >= 4 is 28.2 Å². The highest BCUT2D eigenvalue weighted by molar-refractivity contribution is 8.01. The summed E-state index contributed by atoms with van der Waals surface area (Å²) in [6.45, 7) is 6.78. The number of thiazole rings is 1. The number of thioether (sulfide) groups is 1. The lowest BCUT2D eigenvalue weighted by Gasteiger charge is -2.16. The summed E-state index contributed by atoms with van der Waals surface area (Å²) in [4.78, 5) is 4.01. The minimum absolute atomic E-state index is 0.420. The minimum Gasteiger partial charge on any atom is -0.375 e. The maximum absolute atomic E-state index is 5.53. The lowest BCUT2D eigenvalue weighted by atomic mass is 9.94. The molecule has 1 aromatic heterocycles. The van der Waals surface area contributed by atoms with Gasteiger partial charge in [0.05, 0.1) is 10.4 Å². The summed E-state index contributed by atoms with van der Waals surface area (Å²) in [6, 6.07) is 0. The molecule has 0 saturated carbocycles. The topological polar surface area (TPSA) is 38.9 Å². The number of nitrogens with two attached hydrogens (primary N) is 1. The van der Waals surface area contributed by atoms with E-state index in [-0.39, 0.29) is 0 Å². The normalized spacial score (nSPS) is 11.9. The average Bonchev–Trinajstić information content (AvgIpc) is 2.33. The van der Waals surface area contributed by atoms with E-state index in [0.717, 1.165) is 5.75 Å². The molecule has 0 aliphatic carbocycles. The summed E-state index contributed by atoms with van der Waals surface area (Å²) >= 11 is 3.41. The summed E-state index contributed by atoms with van der Waals surface area (Å²) in [5, 5.41) is 0.665. The van der Waals surface area contributed by atoms with Crippen LogP contribution >= 0.6 is 23.1 Å². The second-order valence-electron chi connectivity index (χ2n) is 4.18. The summed E-state index contributed by atoms with van der Waals surface area (Å²) < 4.78 is 1.22. The van der Waals surface area contributed by atoms with E-state index in [1.165, 1.54) is 10.6 Å².